The van der Waals surface area contributed by atoms with Crippen molar-refractivity contribution in [3.63, 3.8) is 0 Å². The number of rotatable bonds is 2. The summed E-state index contributed by atoms with van der Waals surface area (Å²) in [6.07, 6.45) is -4.43. The Bertz CT molecular complexity index is 770. The number of hydrogen-bond donors (Lipinski definition) is 0. The molecule has 0 aliphatic carbocycles. The number of aryl methyl sites for hydroxylation is 1. The maximum Gasteiger partial charge on any atom is 0.416 e. The van der Waals surface area contributed by atoms with E-state index in [0.29, 0.717) is 11.3 Å². The second-order valence-corrected chi connectivity index (χ2v) is 4.59. The highest BCUT2D eigenvalue weighted by Crippen LogP contribution is 2.29. The minimum atomic E-state index is -4.43. The number of aromatic nitrogens is 1. The third-order valence-electron chi connectivity index (χ3n) is 3.11. The number of nitriles is 1. The molecule has 0 saturated heterocycles. The van der Waals surface area contributed by atoms with Crippen LogP contribution in [0.15, 0.2) is 41.2 Å². The Morgan fingerprint density at radius 1 is 1.24 bits per heavy atom. The molecule has 0 amide bonds. The highest BCUT2D eigenvalue weighted by molar-refractivity contribution is 5.30. The molecule has 3 nitrogen and oxygen atoms in total. The molecule has 21 heavy (non-hydrogen) atoms. The summed E-state index contributed by atoms with van der Waals surface area (Å²) in [5.41, 5.74) is -0.369. The highest BCUT2D eigenvalue weighted by Gasteiger charge is 2.30. The zero-order valence-corrected chi connectivity index (χ0v) is 11.1. The van der Waals surface area contributed by atoms with Crippen LogP contribution in [-0.2, 0) is 12.7 Å². The first-order valence-corrected chi connectivity index (χ1v) is 6.09. The van der Waals surface area contributed by atoms with E-state index in [-0.39, 0.29) is 12.1 Å². The SMILES string of the molecule is Cc1ccc(C#N)c(=O)n1Cc1cccc(C(F)(F)F)c1. The number of alkyl halides is 3. The van der Waals surface area contributed by atoms with Crippen molar-refractivity contribution >= 4 is 0 Å². The molecule has 1 aromatic carbocycles. The monoisotopic (exact) mass is 292 g/mol. The first-order chi connectivity index (χ1) is 9.82. The molecule has 0 aliphatic rings. The van der Waals surface area contributed by atoms with E-state index in [0.717, 1.165) is 12.1 Å². The maximum absolute atomic E-state index is 12.7. The van der Waals surface area contributed by atoms with Crippen LogP contribution in [0, 0.1) is 18.3 Å². The van der Waals surface area contributed by atoms with Gasteiger partial charge in [0.1, 0.15) is 11.6 Å². The van der Waals surface area contributed by atoms with Gasteiger partial charge >= 0.3 is 6.18 Å². The van der Waals surface area contributed by atoms with Crippen molar-refractivity contribution in [2.45, 2.75) is 19.6 Å². The number of nitrogens with zero attached hydrogens (tertiary/aromatic N) is 2. The molecular weight excluding hydrogens is 281 g/mol. The van der Waals surface area contributed by atoms with Crippen LogP contribution in [0.3, 0.4) is 0 Å². The van der Waals surface area contributed by atoms with Crippen LogP contribution >= 0.6 is 0 Å². The Kier molecular flexibility index (Phi) is 3.85. The lowest BCUT2D eigenvalue weighted by atomic mass is 10.1. The largest absolute Gasteiger partial charge is 0.416 e. The molecule has 0 spiro atoms. The first kappa shape index (κ1) is 14.9. The highest BCUT2D eigenvalue weighted by atomic mass is 19.4. The van der Waals surface area contributed by atoms with Crippen molar-refractivity contribution in [3.8, 4) is 6.07 Å². The molecule has 2 rings (SSSR count). The first-order valence-electron chi connectivity index (χ1n) is 6.09. The van der Waals surface area contributed by atoms with Crippen molar-refractivity contribution < 1.29 is 13.2 Å². The third-order valence-corrected chi connectivity index (χ3v) is 3.11. The van der Waals surface area contributed by atoms with Gasteiger partial charge in [-0.15, -0.1) is 0 Å². The smallest absolute Gasteiger partial charge is 0.307 e. The summed E-state index contributed by atoms with van der Waals surface area (Å²) >= 11 is 0. The van der Waals surface area contributed by atoms with E-state index in [1.54, 1.807) is 19.1 Å². The molecule has 1 heterocycles. The average molecular weight is 292 g/mol. The summed E-state index contributed by atoms with van der Waals surface area (Å²) in [6, 6.07) is 9.56. The topological polar surface area (TPSA) is 45.8 Å². The molecule has 2 aromatic rings. The van der Waals surface area contributed by atoms with Gasteiger partial charge < -0.3 is 4.57 Å². The van der Waals surface area contributed by atoms with Crippen LogP contribution in [0.2, 0.25) is 0 Å². The molecule has 0 atom stereocenters. The molecule has 0 saturated carbocycles. The van der Waals surface area contributed by atoms with Gasteiger partial charge in [-0.1, -0.05) is 12.1 Å². The molecule has 1 aromatic heterocycles. The molecule has 6 heteroatoms. The fourth-order valence-corrected chi connectivity index (χ4v) is 1.98. The Labute approximate surface area is 118 Å². The lowest BCUT2D eigenvalue weighted by Crippen LogP contribution is -2.25. The molecule has 0 fully saturated rings. The van der Waals surface area contributed by atoms with Gasteiger partial charge in [-0.25, -0.2) is 0 Å². The molecule has 0 radical (unpaired) electrons. The fraction of sp³-hybridized carbons (Fsp3) is 0.200. The van der Waals surface area contributed by atoms with Gasteiger partial charge in [0.2, 0.25) is 0 Å². The molecule has 0 unspecified atom stereocenters. The Balaban J connectivity index is 2.45. The minimum Gasteiger partial charge on any atom is -0.307 e. The van der Waals surface area contributed by atoms with E-state index in [9.17, 15) is 18.0 Å². The van der Waals surface area contributed by atoms with Gasteiger partial charge in [0.25, 0.3) is 5.56 Å². The zero-order chi connectivity index (χ0) is 15.6. The predicted molar refractivity (Wildman–Crippen MR) is 70.7 cm³/mol. The summed E-state index contributed by atoms with van der Waals surface area (Å²) in [5, 5.41) is 8.84. The molecule has 0 bridgehead atoms. The Hall–Kier alpha value is -2.55. The van der Waals surface area contributed by atoms with Gasteiger partial charge in [-0.05, 0) is 36.8 Å². The van der Waals surface area contributed by atoms with E-state index < -0.39 is 17.3 Å². The summed E-state index contributed by atoms with van der Waals surface area (Å²) < 4.78 is 39.3. The van der Waals surface area contributed by atoms with E-state index >= 15 is 0 Å². The normalized spacial score (nSPS) is 11.2. The average Bonchev–Trinajstić information content (AvgIpc) is 2.43. The number of benzene rings is 1. The third kappa shape index (κ3) is 3.14. The number of halogens is 3. The Morgan fingerprint density at radius 3 is 2.57 bits per heavy atom. The van der Waals surface area contributed by atoms with Crippen molar-refractivity contribution in [1.29, 1.82) is 5.26 Å². The van der Waals surface area contributed by atoms with Crippen molar-refractivity contribution in [3.05, 3.63) is 69.1 Å². The van der Waals surface area contributed by atoms with Crippen LogP contribution < -0.4 is 5.56 Å². The summed E-state index contributed by atoms with van der Waals surface area (Å²) in [7, 11) is 0. The summed E-state index contributed by atoms with van der Waals surface area (Å²) in [4.78, 5) is 12.0. The molecule has 0 N–H and O–H groups in total. The van der Waals surface area contributed by atoms with Gasteiger partial charge in [0, 0.05) is 5.69 Å². The quantitative estimate of drug-likeness (QED) is 0.854. The number of hydrogen-bond acceptors (Lipinski definition) is 2. The summed E-state index contributed by atoms with van der Waals surface area (Å²) in [6.45, 7) is 1.65. The van der Waals surface area contributed by atoms with Crippen molar-refractivity contribution in [1.82, 2.24) is 4.57 Å². The van der Waals surface area contributed by atoms with Crippen LogP contribution in [0.5, 0.6) is 0 Å². The van der Waals surface area contributed by atoms with Crippen molar-refractivity contribution in [2.24, 2.45) is 0 Å². The zero-order valence-electron chi connectivity index (χ0n) is 11.1. The molecule has 0 aliphatic heterocycles. The minimum absolute atomic E-state index is 0.00981. The van der Waals surface area contributed by atoms with Gasteiger partial charge in [-0.3, -0.25) is 4.79 Å². The number of pyridine rings is 1. The van der Waals surface area contributed by atoms with Crippen LogP contribution in [0.25, 0.3) is 0 Å². The fourth-order valence-electron chi connectivity index (χ4n) is 1.98. The van der Waals surface area contributed by atoms with Crippen LogP contribution in [0.4, 0.5) is 13.2 Å². The second-order valence-electron chi connectivity index (χ2n) is 4.59. The maximum atomic E-state index is 12.7. The van der Waals surface area contributed by atoms with Gasteiger partial charge in [0.15, 0.2) is 0 Å². The lowest BCUT2D eigenvalue weighted by Gasteiger charge is -2.12. The van der Waals surface area contributed by atoms with Crippen LogP contribution in [0.1, 0.15) is 22.4 Å². The predicted octanol–water partition coefficient (Wildman–Crippen LogP) is 3.10. The van der Waals surface area contributed by atoms with E-state index in [2.05, 4.69) is 0 Å². The standard InChI is InChI=1S/C15H11F3N2O/c1-10-5-6-12(8-19)14(21)20(10)9-11-3-2-4-13(7-11)15(16,17)18/h2-7H,9H2,1H3. The van der Waals surface area contributed by atoms with Crippen LogP contribution in [-0.4, -0.2) is 4.57 Å². The lowest BCUT2D eigenvalue weighted by molar-refractivity contribution is -0.137. The molecule has 108 valence electrons. The Morgan fingerprint density at radius 2 is 1.95 bits per heavy atom. The van der Waals surface area contributed by atoms with E-state index in [1.807, 2.05) is 0 Å². The second kappa shape index (κ2) is 5.44. The van der Waals surface area contributed by atoms with E-state index in [1.165, 1.54) is 22.8 Å². The van der Waals surface area contributed by atoms with Crippen molar-refractivity contribution in [2.75, 3.05) is 0 Å². The molecular formula is C15H11F3N2O. The van der Waals surface area contributed by atoms with E-state index in [4.69, 9.17) is 5.26 Å². The summed E-state index contributed by atoms with van der Waals surface area (Å²) in [5.74, 6) is 0. The van der Waals surface area contributed by atoms with Gasteiger partial charge in [0.05, 0.1) is 12.1 Å². The van der Waals surface area contributed by atoms with Gasteiger partial charge in [-0.2, -0.15) is 18.4 Å².